The van der Waals surface area contributed by atoms with Crippen molar-refractivity contribution in [1.29, 1.82) is 0 Å². The van der Waals surface area contributed by atoms with Crippen LogP contribution in [0, 0.1) is 13.8 Å². The van der Waals surface area contributed by atoms with Gasteiger partial charge in [0.1, 0.15) is 5.75 Å². The molecule has 0 heterocycles. The Kier molecular flexibility index (Phi) is 8.78. The molecule has 2 atom stereocenters. The third kappa shape index (κ3) is 6.94. The van der Waals surface area contributed by atoms with Crippen LogP contribution in [0.3, 0.4) is 0 Å². The molecule has 3 aromatic rings. The quantitative estimate of drug-likeness (QED) is 0.257. The Hall–Kier alpha value is -5.19. The second-order valence-corrected chi connectivity index (χ2v) is 8.18. The number of carbonyl (C=O) groups excluding carboxylic acids is 4. The normalized spacial score (nSPS) is 11.9. The molecule has 2 amide bonds. The number of rotatable bonds is 8. The number of phenols is 1. The van der Waals surface area contributed by atoms with E-state index in [4.69, 9.17) is 9.47 Å². The molecule has 0 aliphatic heterocycles. The SMILES string of the molecule is Cc1ccc(C(=O)O[C@@H](C(=O)O)[C@@H](OC(=O)c2ccc(C)cc2)C(=O)NNC(=O)c2ccccc2O)cc1. The standard InChI is InChI=1S/C27H24N2O9/c1-15-7-11-17(12-8-15)26(35)37-21(24(32)29-28-23(31)19-5-3-4-6-20(19)30)22(25(33)34)38-27(36)18-13-9-16(2)10-14-18/h3-14,21-22,30H,1-2H3,(H,28,31)(H,29,32)(H,33,34)/t21-,22-/m1/s1. The number of phenolic OH excluding ortho intramolecular Hbond substituents is 1. The van der Waals surface area contributed by atoms with Gasteiger partial charge in [-0.25, -0.2) is 14.4 Å². The maximum atomic E-state index is 13.0. The van der Waals surface area contributed by atoms with Gasteiger partial charge in [-0.2, -0.15) is 0 Å². The molecule has 4 N–H and O–H groups in total. The smallest absolute Gasteiger partial charge is 0.349 e. The van der Waals surface area contributed by atoms with Gasteiger partial charge in [-0.15, -0.1) is 0 Å². The predicted molar refractivity (Wildman–Crippen MR) is 132 cm³/mol. The van der Waals surface area contributed by atoms with Crippen LogP contribution < -0.4 is 10.9 Å². The highest BCUT2D eigenvalue weighted by molar-refractivity contribution is 6.00. The lowest BCUT2D eigenvalue weighted by Gasteiger charge is -2.23. The summed E-state index contributed by atoms with van der Waals surface area (Å²) in [5.74, 6) is -6.57. The monoisotopic (exact) mass is 520 g/mol. The summed E-state index contributed by atoms with van der Waals surface area (Å²) in [5.41, 5.74) is 5.42. The first kappa shape index (κ1) is 27.4. The van der Waals surface area contributed by atoms with Crippen LogP contribution in [-0.2, 0) is 19.1 Å². The summed E-state index contributed by atoms with van der Waals surface area (Å²) in [7, 11) is 0. The number of carbonyl (C=O) groups is 5. The second-order valence-electron chi connectivity index (χ2n) is 8.18. The number of esters is 2. The zero-order chi connectivity index (χ0) is 27.8. The third-order valence-electron chi connectivity index (χ3n) is 5.27. The van der Waals surface area contributed by atoms with Gasteiger partial charge in [-0.1, -0.05) is 47.5 Å². The largest absolute Gasteiger partial charge is 0.507 e. The number of hydrogen-bond donors (Lipinski definition) is 4. The lowest BCUT2D eigenvalue weighted by molar-refractivity contribution is -0.159. The maximum absolute atomic E-state index is 13.0. The summed E-state index contributed by atoms with van der Waals surface area (Å²) in [6, 6.07) is 17.5. The van der Waals surface area contributed by atoms with Gasteiger partial charge in [-0.05, 0) is 50.2 Å². The molecule has 3 aromatic carbocycles. The lowest BCUT2D eigenvalue weighted by atomic mass is 10.1. The number of aromatic hydroxyl groups is 1. The molecule has 11 nitrogen and oxygen atoms in total. The van der Waals surface area contributed by atoms with Crippen LogP contribution in [0.1, 0.15) is 42.2 Å². The first-order chi connectivity index (χ1) is 18.1. The first-order valence-electron chi connectivity index (χ1n) is 11.2. The van der Waals surface area contributed by atoms with E-state index in [9.17, 15) is 34.2 Å². The second kappa shape index (κ2) is 12.2. The molecule has 0 unspecified atom stereocenters. The average Bonchev–Trinajstić information content (AvgIpc) is 2.89. The molecular weight excluding hydrogens is 496 g/mol. The Labute approximate surface area is 217 Å². The van der Waals surface area contributed by atoms with Crippen LogP contribution in [0.25, 0.3) is 0 Å². The Morgan fingerprint density at radius 3 is 1.63 bits per heavy atom. The Balaban J connectivity index is 1.85. The van der Waals surface area contributed by atoms with Crippen LogP contribution in [0.4, 0.5) is 0 Å². The van der Waals surface area contributed by atoms with E-state index < -0.39 is 41.9 Å². The maximum Gasteiger partial charge on any atom is 0.349 e. The Morgan fingerprint density at radius 1 is 0.684 bits per heavy atom. The van der Waals surface area contributed by atoms with Crippen LogP contribution in [0.15, 0.2) is 72.8 Å². The van der Waals surface area contributed by atoms with Gasteiger partial charge in [-0.3, -0.25) is 20.4 Å². The highest BCUT2D eigenvalue weighted by Crippen LogP contribution is 2.16. The third-order valence-corrected chi connectivity index (χ3v) is 5.27. The van der Waals surface area contributed by atoms with Gasteiger partial charge < -0.3 is 19.7 Å². The summed E-state index contributed by atoms with van der Waals surface area (Å²) >= 11 is 0. The summed E-state index contributed by atoms with van der Waals surface area (Å²) in [6.07, 6.45) is -4.49. The van der Waals surface area contributed by atoms with E-state index in [1.165, 1.54) is 48.5 Å². The number of benzene rings is 3. The van der Waals surface area contributed by atoms with Crippen molar-refractivity contribution in [3.8, 4) is 5.75 Å². The average molecular weight is 520 g/mol. The van der Waals surface area contributed by atoms with Crippen LogP contribution in [0.2, 0.25) is 0 Å². The van der Waals surface area contributed by atoms with Gasteiger partial charge in [0.25, 0.3) is 11.8 Å². The summed E-state index contributed by atoms with van der Waals surface area (Å²) in [4.78, 5) is 62.8. The molecule has 3 rings (SSSR count). The van der Waals surface area contributed by atoms with E-state index >= 15 is 0 Å². The highest BCUT2D eigenvalue weighted by atomic mass is 16.6. The molecule has 0 aliphatic rings. The number of hydrazine groups is 1. The van der Waals surface area contributed by atoms with Gasteiger partial charge in [0.15, 0.2) is 0 Å². The highest BCUT2D eigenvalue weighted by Gasteiger charge is 2.41. The molecule has 0 bridgehead atoms. The van der Waals surface area contributed by atoms with Crippen molar-refractivity contribution in [2.75, 3.05) is 0 Å². The number of carboxylic acids is 1. The molecule has 0 aromatic heterocycles. The van der Waals surface area contributed by atoms with Crippen LogP contribution in [0.5, 0.6) is 5.75 Å². The van der Waals surface area contributed by atoms with E-state index in [-0.39, 0.29) is 22.4 Å². The fourth-order valence-electron chi connectivity index (χ4n) is 3.16. The Morgan fingerprint density at radius 2 is 1.16 bits per heavy atom. The van der Waals surface area contributed by atoms with Gasteiger partial charge in [0.05, 0.1) is 16.7 Å². The van der Waals surface area contributed by atoms with E-state index in [2.05, 4.69) is 0 Å². The van der Waals surface area contributed by atoms with E-state index in [0.29, 0.717) is 0 Å². The summed E-state index contributed by atoms with van der Waals surface area (Å²) < 4.78 is 10.2. The number of carboxylic acid groups (broad SMARTS) is 1. The minimum atomic E-state index is -2.28. The Bertz CT molecular complexity index is 1350. The van der Waals surface area contributed by atoms with Gasteiger partial charge in [0.2, 0.25) is 12.2 Å². The topological polar surface area (TPSA) is 168 Å². The van der Waals surface area contributed by atoms with Crippen molar-refractivity contribution < 1.29 is 43.7 Å². The van der Waals surface area contributed by atoms with E-state index in [0.717, 1.165) is 11.1 Å². The molecule has 0 radical (unpaired) electrons. The van der Waals surface area contributed by atoms with E-state index in [1.54, 1.807) is 38.1 Å². The van der Waals surface area contributed by atoms with Crippen molar-refractivity contribution in [3.05, 3.63) is 101 Å². The minimum absolute atomic E-state index is 0.000596. The zero-order valence-corrected chi connectivity index (χ0v) is 20.3. The van der Waals surface area contributed by atoms with Gasteiger partial charge in [0, 0.05) is 0 Å². The number of nitrogens with one attached hydrogen (secondary N) is 2. The van der Waals surface area contributed by atoms with Crippen molar-refractivity contribution in [2.24, 2.45) is 0 Å². The summed E-state index contributed by atoms with van der Waals surface area (Å²) in [6.45, 7) is 3.56. The number of ether oxygens (including phenoxy) is 2. The zero-order valence-electron chi connectivity index (χ0n) is 20.3. The summed E-state index contributed by atoms with van der Waals surface area (Å²) in [5, 5.41) is 19.6. The fraction of sp³-hybridized carbons (Fsp3) is 0.148. The molecule has 196 valence electrons. The molecule has 0 saturated heterocycles. The van der Waals surface area contributed by atoms with Gasteiger partial charge >= 0.3 is 17.9 Å². The molecule has 0 fully saturated rings. The van der Waals surface area contributed by atoms with Crippen molar-refractivity contribution in [2.45, 2.75) is 26.1 Å². The van der Waals surface area contributed by atoms with Crippen LogP contribution >= 0.6 is 0 Å². The molecule has 0 spiro atoms. The number of aryl methyl sites for hydroxylation is 2. The number of para-hydroxylation sites is 1. The first-order valence-corrected chi connectivity index (χ1v) is 11.2. The minimum Gasteiger partial charge on any atom is -0.507 e. The number of aliphatic carboxylic acids is 1. The van der Waals surface area contributed by atoms with Crippen molar-refractivity contribution >= 4 is 29.7 Å². The molecule has 38 heavy (non-hydrogen) atoms. The lowest BCUT2D eigenvalue weighted by Crippen LogP contribution is -2.54. The molecule has 0 saturated carbocycles. The predicted octanol–water partition coefficient (Wildman–Crippen LogP) is 2.31. The molecule has 11 heteroatoms. The van der Waals surface area contributed by atoms with E-state index in [1.807, 2.05) is 10.9 Å². The van der Waals surface area contributed by atoms with Crippen molar-refractivity contribution in [1.82, 2.24) is 10.9 Å². The van der Waals surface area contributed by atoms with Crippen LogP contribution in [-0.4, -0.2) is 52.1 Å². The number of hydrogen-bond acceptors (Lipinski definition) is 8. The fourth-order valence-corrected chi connectivity index (χ4v) is 3.16. The molecule has 0 aliphatic carbocycles. The number of amides is 2. The van der Waals surface area contributed by atoms with Crippen molar-refractivity contribution in [3.63, 3.8) is 0 Å². The molecular formula is C27H24N2O9.